The first-order valence-electron chi connectivity index (χ1n) is 5.69. The van der Waals surface area contributed by atoms with Gasteiger partial charge in [0.15, 0.2) is 5.78 Å². The first-order chi connectivity index (χ1) is 8.19. The maximum atomic E-state index is 12.0. The Balaban J connectivity index is 1.84. The van der Waals surface area contributed by atoms with E-state index >= 15 is 0 Å². The van der Waals surface area contributed by atoms with Crippen LogP contribution in [0.25, 0.3) is 0 Å². The summed E-state index contributed by atoms with van der Waals surface area (Å²) in [6, 6.07) is 3.58. The zero-order valence-electron chi connectivity index (χ0n) is 9.82. The number of methoxy groups -OCH3 is 1. The molecule has 1 unspecified atom stereocenters. The lowest BCUT2D eigenvalue weighted by Gasteiger charge is -2.14. The second-order valence-electron chi connectivity index (χ2n) is 4.37. The molecule has 3 nitrogen and oxygen atoms in total. The molecule has 0 spiro atoms. The van der Waals surface area contributed by atoms with Crippen LogP contribution in [0.1, 0.15) is 16.1 Å². The van der Waals surface area contributed by atoms with Gasteiger partial charge in [0.2, 0.25) is 0 Å². The average molecular weight is 274 g/mol. The Labute approximate surface area is 110 Å². The van der Waals surface area contributed by atoms with Gasteiger partial charge in [-0.05, 0) is 31.0 Å². The highest BCUT2D eigenvalue weighted by Gasteiger charge is 2.24. The second kappa shape index (κ2) is 5.96. The van der Waals surface area contributed by atoms with Gasteiger partial charge in [0.1, 0.15) is 0 Å². The van der Waals surface area contributed by atoms with Crippen LogP contribution in [0.5, 0.6) is 0 Å². The lowest BCUT2D eigenvalue weighted by molar-refractivity contribution is 0.0941. The number of halogens is 1. The number of carbonyl (C=O) groups is 1. The first-order valence-corrected chi connectivity index (χ1v) is 6.88. The molecule has 17 heavy (non-hydrogen) atoms. The molecular formula is C12H16ClNO2S. The smallest absolute Gasteiger partial charge is 0.186 e. The van der Waals surface area contributed by atoms with E-state index in [-0.39, 0.29) is 5.78 Å². The van der Waals surface area contributed by atoms with Crippen LogP contribution >= 0.6 is 22.9 Å². The van der Waals surface area contributed by atoms with Crippen molar-refractivity contribution in [3.05, 3.63) is 21.3 Å². The first kappa shape index (κ1) is 13.0. The number of hydrogen-bond donors (Lipinski definition) is 0. The highest BCUT2D eigenvalue weighted by atomic mass is 35.5. The third kappa shape index (κ3) is 3.52. The molecule has 1 aromatic heterocycles. The monoisotopic (exact) mass is 273 g/mol. The molecule has 0 aromatic carbocycles. The van der Waals surface area contributed by atoms with E-state index < -0.39 is 0 Å². The fourth-order valence-electron chi connectivity index (χ4n) is 2.17. The lowest BCUT2D eigenvalue weighted by atomic mass is 10.1. The largest absolute Gasteiger partial charge is 0.384 e. The summed E-state index contributed by atoms with van der Waals surface area (Å²) in [6.45, 7) is 3.23. The molecule has 0 bridgehead atoms. The van der Waals surface area contributed by atoms with Gasteiger partial charge in [-0.25, -0.2) is 0 Å². The number of nitrogens with zero attached hydrogens (tertiary/aromatic N) is 1. The number of rotatable bonds is 5. The summed E-state index contributed by atoms with van der Waals surface area (Å²) in [5, 5.41) is 0. The Bertz CT molecular complexity index is 394. The Hall–Kier alpha value is -0.420. The Morgan fingerprint density at radius 1 is 1.65 bits per heavy atom. The summed E-state index contributed by atoms with van der Waals surface area (Å²) in [6.07, 6.45) is 1.12. The van der Waals surface area contributed by atoms with E-state index in [2.05, 4.69) is 4.90 Å². The van der Waals surface area contributed by atoms with Crippen LogP contribution < -0.4 is 0 Å². The Morgan fingerprint density at radius 2 is 2.47 bits per heavy atom. The summed E-state index contributed by atoms with van der Waals surface area (Å²) in [7, 11) is 1.72. The van der Waals surface area contributed by atoms with E-state index in [0.717, 1.165) is 31.0 Å². The predicted molar refractivity (Wildman–Crippen MR) is 70.1 cm³/mol. The summed E-state index contributed by atoms with van der Waals surface area (Å²) in [5.74, 6) is 0.736. The van der Waals surface area contributed by atoms with Crippen LogP contribution in [0, 0.1) is 5.92 Å². The van der Waals surface area contributed by atoms with Crippen molar-refractivity contribution in [1.29, 1.82) is 0 Å². The molecule has 2 heterocycles. The van der Waals surface area contributed by atoms with Crippen molar-refractivity contribution < 1.29 is 9.53 Å². The van der Waals surface area contributed by atoms with Gasteiger partial charge in [-0.1, -0.05) is 11.6 Å². The third-order valence-electron chi connectivity index (χ3n) is 2.99. The Morgan fingerprint density at radius 3 is 3.12 bits per heavy atom. The van der Waals surface area contributed by atoms with Crippen molar-refractivity contribution in [1.82, 2.24) is 4.90 Å². The average Bonchev–Trinajstić information content (AvgIpc) is 2.88. The van der Waals surface area contributed by atoms with Gasteiger partial charge in [-0.3, -0.25) is 9.69 Å². The van der Waals surface area contributed by atoms with Crippen molar-refractivity contribution >= 4 is 28.7 Å². The number of hydrogen-bond acceptors (Lipinski definition) is 4. The van der Waals surface area contributed by atoms with Gasteiger partial charge >= 0.3 is 0 Å². The van der Waals surface area contributed by atoms with E-state index in [1.54, 1.807) is 19.2 Å². The highest BCUT2D eigenvalue weighted by Crippen LogP contribution is 2.23. The molecule has 0 N–H and O–H groups in total. The Kier molecular flexibility index (Phi) is 4.56. The second-order valence-corrected chi connectivity index (χ2v) is 6.09. The standard InChI is InChI=1S/C12H16ClNO2S/c1-16-8-9-4-5-14(6-9)7-10(15)11-2-3-12(13)17-11/h2-3,9H,4-8H2,1H3. The molecule has 2 rings (SSSR count). The number of Topliss-reactive ketones (excluding diaryl/α,β-unsaturated/α-hetero) is 1. The van der Waals surface area contributed by atoms with Crippen LogP contribution in [0.4, 0.5) is 0 Å². The molecular weight excluding hydrogens is 258 g/mol. The molecule has 1 saturated heterocycles. The minimum Gasteiger partial charge on any atom is -0.384 e. The van der Waals surface area contributed by atoms with Gasteiger partial charge in [-0.15, -0.1) is 11.3 Å². The quantitative estimate of drug-likeness (QED) is 0.772. The van der Waals surface area contributed by atoms with E-state index in [0.29, 0.717) is 16.8 Å². The maximum Gasteiger partial charge on any atom is 0.186 e. The summed E-state index contributed by atoms with van der Waals surface area (Å²) >= 11 is 7.18. The van der Waals surface area contributed by atoms with Crippen molar-refractivity contribution in [2.45, 2.75) is 6.42 Å². The van der Waals surface area contributed by atoms with E-state index in [1.165, 1.54) is 11.3 Å². The molecule has 1 fully saturated rings. The van der Waals surface area contributed by atoms with E-state index in [9.17, 15) is 4.79 Å². The van der Waals surface area contributed by atoms with E-state index in [4.69, 9.17) is 16.3 Å². The number of carbonyl (C=O) groups excluding carboxylic acids is 1. The summed E-state index contributed by atoms with van der Waals surface area (Å²) < 4.78 is 5.81. The number of ether oxygens (including phenoxy) is 1. The molecule has 5 heteroatoms. The van der Waals surface area contributed by atoms with Crippen LogP contribution in [0.2, 0.25) is 4.34 Å². The predicted octanol–water partition coefficient (Wildman–Crippen LogP) is 2.55. The van der Waals surface area contributed by atoms with Crippen LogP contribution in [-0.2, 0) is 4.74 Å². The number of likely N-dealkylation sites (tertiary alicyclic amines) is 1. The number of thiophene rings is 1. The summed E-state index contributed by atoms with van der Waals surface area (Å²) in [5.41, 5.74) is 0. The zero-order chi connectivity index (χ0) is 12.3. The van der Waals surface area contributed by atoms with Gasteiger partial charge in [0.05, 0.1) is 22.4 Å². The summed E-state index contributed by atoms with van der Waals surface area (Å²) in [4.78, 5) is 14.9. The van der Waals surface area contributed by atoms with Gasteiger partial charge < -0.3 is 4.74 Å². The fourth-order valence-corrected chi connectivity index (χ4v) is 3.15. The molecule has 0 saturated carbocycles. The molecule has 0 aliphatic carbocycles. The van der Waals surface area contributed by atoms with Crippen LogP contribution in [0.15, 0.2) is 12.1 Å². The van der Waals surface area contributed by atoms with Crippen molar-refractivity contribution in [2.75, 3.05) is 33.4 Å². The SMILES string of the molecule is COCC1CCN(CC(=O)c2ccc(Cl)s2)C1. The van der Waals surface area contributed by atoms with Crippen LogP contribution in [-0.4, -0.2) is 44.0 Å². The molecule has 94 valence electrons. The lowest BCUT2D eigenvalue weighted by Crippen LogP contribution is -2.28. The molecule has 0 amide bonds. The minimum atomic E-state index is 0.167. The highest BCUT2D eigenvalue weighted by molar-refractivity contribution is 7.18. The van der Waals surface area contributed by atoms with Gasteiger partial charge in [0.25, 0.3) is 0 Å². The topological polar surface area (TPSA) is 29.5 Å². The fraction of sp³-hybridized carbons (Fsp3) is 0.583. The molecule has 0 radical (unpaired) electrons. The van der Waals surface area contributed by atoms with Crippen molar-refractivity contribution in [3.63, 3.8) is 0 Å². The normalized spacial score (nSPS) is 20.9. The van der Waals surface area contributed by atoms with Crippen molar-refractivity contribution in [3.8, 4) is 0 Å². The minimum absolute atomic E-state index is 0.167. The molecule has 1 aliphatic rings. The van der Waals surface area contributed by atoms with Crippen LogP contribution in [0.3, 0.4) is 0 Å². The molecule has 1 aromatic rings. The van der Waals surface area contributed by atoms with Gasteiger partial charge in [0, 0.05) is 13.7 Å². The number of ketones is 1. The molecule has 1 atom stereocenters. The van der Waals surface area contributed by atoms with Gasteiger partial charge in [-0.2, -0.15) is 0 Å². The van der Waals surface area contributed by atoms with E-state index in [1.807, 2.05) is 0 Å². The zero-order valence-corrected chi connectivity index (χ0v) is 11.4. The van der Waals surface area contributed by atoms with Crippen molar-refractivity contribution in [2.24, 2.45) is 5.92 Å². The third-order valence-corrected chi connectivity index (χ3v) is 4.26. The molecule has 1 aliphatic heterocycles. The maximum absolute atomic E-state index is 12.0.